The molecule has 0 amide bonds. The summed E-state index contributed by atoms with van der Waals surface area (Å²) in [5.41, 5.74) is 3.92. The maximum atomic E-state index is 11.3. The molecule has 0 atom stereocenters. The summed E-state index contributed by atoms with van der Waals surface area (Å²) in [6.07, 6.45) is 1.14. The van der Waals surface area contributed by atoms with Gasteiger partial charge >= 0.3 is 0 Å². The van der Waals surface area contributed by atoms with Gasteiger partial charge in [0.25, 0.3) is 0 Å². The third-order valence-corrected chi connectivity index (χ3v) is 3.16. The molecule has 3 N–H and O–H groups in total. The molecule has 2 rings (SSSR count). The van der Waals surface area contributed by atoms with Gasteiger partial charge in [-0.2, -0.15) is 0 Å². The second-order valence-electron chi connectivity index (χ2n) is 4.14. The number of rotatable bonds is 4. The third kappa shape index (κ3) is 3.73. The van der Waals surface area contributed by atoms with E-state index in [0.717, 1.165) is 11.8 Å². The molecule has 0 saturated carbocycles. The predicted octanol–water partition coefficient (Wildman–Crippen LogP) is 0.974. The lowest BCUT2D eigenvalue weighted by Crippen LogP contribution is -2.12. The highest BCUT2D eigenvalue weighted by Gasteiger charge is 2.11. The molecule has 1 heterocycles. The largest absolute Gasteiger partial charge is 0.308 e. The van der Waals surface area contributed by atoms with Crippen molar-refractivity contribution in [3.8, 4) is 11.3 Å². The second-order valence-corrected chi connectivity index (χ2v) is 6.28. The molecule has 0 saturated heterocycles. The minimum absolute atomic E-state index is 0.219. The van der Waals surface area contributed by atoms with Crippen molar-refractivity contribution in [2.45, 2.75) is 5.75 Å². The zero-order chi connectivity index (χ0) is 13.9. The molecule has 0 unspecified atom stereocenters. The number of nitrogen functional groups attached to an aromatic ring is 1. The monoisotopic (exact) mass is 278 g/mol. The van der Waals surface area contributed by atoms with Gasteiger partial charge in [0.1, 0.15) is 17.4 Å². The summed E-state index contributed by atoms with van der Waals surface area (Å²) < 4.78 is 22.6. The van der Waals surface area contributed by atoms with E-state index in [4.69, 9.17) is 5.84 Å². The van der Waals surface area contributed by atoms with E-state index in [1.165, 1.54) is 0 Å². The first-order valence-corrected chi connectivity index (χ1v) is 7.62. The van der Waals surface area contributed by atoms with Gasteiger partial charge in [-0.3, -0.25) is 0 Å². The van der Waals surface area contributed by atoms with E-state index in [0.29, 0.717) is 11.5 Å². The molecule has 0 spiro atoms. The summed E-state index contributed by atoms with van der Waals surface area (Å²) >= 11 is 0. The summed E-state index contributed by atoms with van der Waals surface area (Å²) in [4.78, 5) is 8.29. The number of nitrogens with two attached hydrogens (primary N) is 1. The Morgan fingerprint density at radius 1 is 1.21 bits per heavy atom. The van der Waals surface area contributed by atoms with Gasteiger partial charge in [-0.05, 0) is 0 Å². The third-order valence-electron chi connectivity index (χ3n) is 2.38. The summed E-state index contributed by atoms with van der Waals surface area (Å²) in [6.45, 7) is 0. The Balaban J connectivity index is 2.48. The predicted molar refractivity (Wildman–Crippen MR) is 73.8 cm³/mol. The fraction of sp³-hybridized carbons (Fsp3) is 0.167. The molecule has 1 aromatic carbocycles. The van der Waals surface area contributed by atoms with Crippen molar-refractivity contribution in [3.05, 3.63) is 42.2 Å². The number of hydrogen-bond donors (Lipinski definition) is 2. The SMILES string of the molecule is CS(=O)(=O)Cc1nc(NN)cc(-c2ccccc2)n1. The fourth-order valence-corrected chi connectivity index (χ4v) is 2.23. The topological polar surface area (TPSA) is 98.0 Å². The van der Waals surface area contributed by atoms with Crippen LogP contribution in [0.5, 0.6) is 0 Å². The van der Waals surface area contributed by atoms with E-state index < -0.39 is 9.84 Å². The first-order valence-electron chi connectivity index (χ1n) is 5.55. The van der Waals surface area contributed by atoms with Crippen LogP contribution in [-0.2, 0) is 15.6 Å². The molecule has 0 aliphatic carbocycles. The lowest BCUT2D eigenvalue weighted by molar-refractivity contribution is 0.599. The number of nitrogens with one attached hydrogen (secondary N) is 1. The first-order chi connectivity index (χ1) is 8.98. The van der Waals surface area contributed by atoms with Crippen molar-refractivity contribution in [1.29, 1.82) is 0 Å². The minimum atomic E-state index is -3.19. The zero-order valence-electron chi connectivity index (χ0n) is 10.4. The van der Waals surface area contributed by atoms with Crippen LogP contribution in [-0.4, -0.2) is 24.6 Å². The number of hydrogen-bond acceptors (Lipinski definition) is 6. The Bertz CT molecular complexity index is 671. The van der Waals surface area contributed by atoms with Gasteiger partial charge in [-0.15, -0.1) is 0 Å². The minimum Gasteiger partial charge on any atom is -0.308 e. The van der Waals surface area contributed by atoms with Gasteiger partial charge in [0.15, 0.2) is 9.84 Å². The van der Waals surface area contributed by atoms with E-state index in [1.54, 1.807) is 6.07 Å². The number of sulfone groups is 1. The summed E-state index contributed by atoms with van der Waals surface area (Å²) in [5.74, 6) is 5.72. The Kier molecular flexibility index (Phi) is 3.77. The van der Waals surface area contributed by atoms with Crippen LogP contribution in [0.1, 0.15) is 5.82 Å². The molecule has 0 aliphatic heterocycles. The molecule has 2 aromatic rings. The van der Waals surface area contributed by atoms with Gasteiger partial charge in [0.05, 0.1) is 5.69 Å². The fourth-order valence-electron chi connectivity index (χ4n) is 1.63. The molecule has 19 heavy (non-hydrogen) atoms. The maximum Gasteiger partial charge on any atom is 0.154 e. The zero-order valence-corrected chi connectivity index (χ0v) is 11.2. The molecule has 0 aliphatic rings. The molecular weight excluding hydrogens is 264 g/mol. The molecule has 0 fully saturated rings. The van der Waals surface area contributed by atoms with Crippen LogP contribution in [0.4, 0.5) is 5.82 Å². The normalized spacial score (nSPS) is 11.3. The van der Waals surface area contributed by atoms with Crippen molar-refractivity contribution in [3.63, 3.8) is 0 Å². The standard InChI is InChI=1S/C12H14N4O2S/c1-19(17,18)8-12-14-10(7-11(15-12)16-13)9-5-3-2-4-6-9/h2-7H,8,13H2,1H3,(H,14,15,16). The Hall–Kier alpha value is -1.99. The highest BCUT2D eigenvalue weighted by Crippen LogP contribution is 2.19. The average molecular weight is 278 g/mol. The van der Waals surface area contributed by atoms with Crippen molar-refractivity contribution < 1.29 is 8.42 Å². The van der Waals surface area contributed by atoms with E-state index >= 15 is 0 Å². The maximum absolute atomic E-state index is 11.3. The van der Waals surface area contributed by atoms with Gasteiger partial charge in [-0.25, -0.2) is 24.2 Å². The Morgan fingerprint density at radius 3 is 2.47 bits per heavy atom. The highest BCUT2D eigenvalue weighted by atomic mass is 32.2. The molecule has 6 nitrogen and oxygen atoms in total. The van der Waals surface area contributed by atoms with Gasteiger partial charge in [-0.1, -0.05) is 30.3 Å². The summed E-state index contributed by atoms with van der Waals surface area (Å²) in [6, 6.07) is 11.1. The van der Waals surface area contributed by atoms with Crippen LogP contribution in [0.15, 0.2) is 36.4 Å². The average Bonchev–Trinajstić information content (AvgIpc) is 2.37. The first kappa shape index (κ1) is 13.4. The van der Waals surface area contributed by atoms with Crippen molar-refractivity contribution in [1.82, 2.24) is 9.97 Å². The van der Waals surface area contributed by atoms with E-state index in [-0.39, 0.29) is 11.6 Å². The molecule has 7 heteroatoms. The smallest absolute Gasteiger partial charge is 0.154 e. The van der Waals surface area contributed by atoms with Crippen LogP contribution in [0, 0.1) is 0 Å². The second kappa shape index (κ2) is 5.33. The molecule has 0 bridgehead atoms. The van der Waals surface area contributed by atoms with Crippen LogP contribution in [0.3, 0.4) is 0 Å². The van der Waals surface area contributed by atoms with Gasteiger partial charge in [0.2, 0.25) is 0 Å². The molecule has 0 radical (unpaired) electrons. The van der Waals surface area contributed by atoms with Crippen molar-refractivity contribution >= 4 is 15.7 Å². The lowest BCUT2D eigenvalue weighted by atomic mass is 10.1. The number of aromatic nitrogens is 2. The van der Waals surface area contributed by atoms with Crippen molar-refractivity contribution in [2.75, 3.05) is 11.7 Å². The summed E-state index contributed by atoms with van der Waals surface area (Å²) in [5, 5.41) is 0. The van der Waals surface area contributed by atoms with Crippen LogP contribution < -0.4 is 11.3 Å². The number of benzene rings is 1. The molecule has 100 valence electrons. The van der Waals surface area contributed by atoms with E-state index in [1.807, 2.05) is 30.3 Å². The molecular formula is C12H14N4O2S. The van der Waals surface area contributed by atoms with Crippen LogP contribution >= 0.6 is 0 Å². The van der Waals surface area contributed by atoms with Crippen LogP contribution in [0.25, 0.3) is 11.3 Å². The van der Waals surface area contributed by atoms with Crippen molar-refractivity contribution in [2.24, 2.45) is 5.84 Å². The number of hydrazine groups is 1. The van der Waals surface area contributed by atoms with Gasteiger partial charge in [0, 0.05) is 17.9 Å². The quantitative estimate of drug-likeness (QED) is 0.639. The summed E-state index contributed by atoms with van der Waals surface area (Å²) in [7, 11) is -3.19. The lowest BCUT2D eigenvalue weighted by Gasteiger charge is -2.07. The number of nitrogens with zero attached hydrogens (tertiary/aromatic N) is 2. The van der Waals surface area contributed by atoms with E-state index in [9.17, 15) is 8.42 Å². The Labute approximate surface area is 111 Å². The molecule has 1 aromatic heterocycles. The van der Waals surface area contributed by atoms with Crippen LogP contribution in [0.2, 0.25) is 0 Å². The Morgan fingerprint density at radius 2 is 1.89 bits per heavy atom. The highest BCUT2D eigenvalue weighted by molar-refractivity contribution is 7.89. The van der Waals surface area contributed by atoms with E-state index in [2.05, 4.69) is 15.4 Å². The number of anilines is 1. The van der Waals surface area contributed by atoms with Gasteiger partial charge < -0.3 is 5.43 Å².